The van der Waals surface area contributed by atoms with Gasteiger partial charge in [0, 0.05) is 11.6 Å². The minimum absolute atomic E-state index is 0.154. The van der Waals surface area contributed by atoms with E-state index in [4.69, 9.17) is 9.47 Å². The molecule has 46 heavy (non-hydrogen) atoms. The van der Waals surface area contributed by atoms with Crippen molar-refractivity contribution in [2.75, 3.05) is 6.61 Å². The third kappa shape index (κ3) is 11.7. The number of hydrogen-bond donors (Lipinski definition) is 3. The number of carbonyl (C=O) groups is 2. The van der Waals surface area contributed by atoms with Gasteiger partial charge in [-0.25, -0.2) is 0 Å². The zero-order chi connectivity index (χ0) is 32.7. The molecule has 4 rings (SSSR count). The number of nitrogens with one attached hydrogen (secondary N) is 2. The smallest absolute Gasteiger partial charge is 0.251 e. The second-order valence-electron chi connectivity index (χ2n) is 12.2. The van der Waals surface area contributed by atoms with Crippen LogP contribution in [0.1, 0.15) is 61.0 Å². The number of ether oxygens (including phenoxy) is 2. The Morgan fingerprint density at radius 1 is 0.761 bits per heavy atom. The highest BCUT2D eigenvalue weighted by molar-refractivity contribution is 5.94. The highest BCUT2D eigenvalue weighted by atomic mass is 16.5. The maximum Gasteiger partial charge on any atom is 0.251 e. The lowest BCUT2D eigenvalue weighted by Crippen LogP contribution is -2.48. The lowest BCUT2D eigenvalue weighted by Gasteiger charge is -2.29. The molecular weight excluding hydrogens is 576 g/mol. The second kappa shape index (κ2) is 17.8. The van der Waals surface area contributed by atoms with E-state index in [1.807, 2.05) is 97.9 Å². The third-order valence-electron chi connectivity index (χ3n) is 7.76. The third-order valence-corrected chi connectivity index (χ3v) is 7.76. The molecule has 7 nitrogen and oxygen atoms in total. The predicted octanol–water partition coefficient (Wildman–Crippen LogP) is 7.27. The molecule has 7 heteroatoms. The van der Waals surface area contributed by atoms with Gasteiger partial charge in [-0.05, 0) is 86.6 Å². The van der Waals surface area contributed by atoms with Crippen molar-refractivity contribution in [3.63, 3.8) is 0 Å². The summed E-state index contributed by atoms with van der Waals surface area (Å²) in [4.78, 5) is 26.5. The first-order valence-electron chi connectivity index (χ1n) is 16.1. The van der Waals surface area contributed by atoms with E-state index >= 15 is 0 Å². The lowest BCUT2D eigenvalue weighted by molar-refractivity contribution is -0.123. The Kier molecular flexibility index (Phi) is 13.2. The van der Waals surface area contributed by atoms with Gasteiger partial charge in [0.1, 0.15) is 17.2 Å². The number of carbonyl (C=O) groups excluding carboxylic acids is 2. The fourth-order valence-corrected chi connectivity index (χ4v) is 5.16. The standard InChI is InChI=1S/C39H46N2O5/c1-28(2)17-20-32(40-39(44)31-13-10-16-35(26-31)46-34-14-8-5-9-15-34)27-37(42)36(25-30-11-6-4-7-12-30)41-38(43)23-24-45-33-21-18-29(3)19-22-33/h4-16,18-19,21-22,26,28,32,36-37,42H,17,20,23-25,27H2,1-3H3,(H,40,44)(H,41,43)/t32?,36?,37-/m0/s1. The van der Waals surface area contributed by atoms with Crippen molar-refractivity contribution in [3.05, 3.63) is 126 Å². The molecule has 3 atom stereocenters. The molecule has 0 aliphatic heterocycles. The first-order valence-corrected chi connectivity index (χ1v) is 16.1. The van der Waals surface area contributed by atoms with E-state index in [-0.39, 0.29) is 37.3 Å². The number of aliphatic hydroxyl groups is 1. The van der Waals surface area contributed by atoms with Crippen LogP contribution in [0.3, 0.4) is 0 Å². The molecule has 242 valence electrons. The average molecular weight is 623 g/mol. The predicted molar refractivity (Wildman–Crippen MR) is 182 cm³/mol. The molecule has 4 aromatic rings. The first-order chi connectivity index (χ1) is 22.2. The summed E-state index contributed by atoms with van der Waals surface area (Å²) in [5, 5.41) is 17.8. The molecule has 4 aromatic carbocycles. The topological polar surface area (TPSA) is 96.9 Å². The highest BCUT2D eigenvalue weighted by Gasteiger charge is 2.26. The van der Waals surface area contributed by atoms with Gasteiger partial charge in [0.15, 0.2) is 0 Å². The number of amides is 2. The van der Waals surface area contributed by atoms with Gasteiger partial charge in [-0.15, -0.1) is 0 Å². The second-order valence-corrected chi connectivity index (χ2v) is 12.2. The molecule has 3 N–H and O–H groups in total. The number of hydrogen-bond acceptors (Lipinski definition) is 5. The van der Waals surface area contributed by atoms with E-state index in [9.17, 15) is 14.7 Å². The van der Waals surface area contributed by atoms with Gasteiger partial charge in [0.25, 0.3) is 5.91 Å². The Balaban J connectivity index is 1.42. The summed E-state index contributed by atoms with van der Waals surface area (Å²) < 4.78 is 11.7. The van der Waals surface area contributed by atoms with E-state index in [1.54, 1.807) is 18.2 Å². The van der Waals surface area contributed by atoms with Crippen molar-refractivity contribution in [3.8, 4) is 17.2 Å². The Bertz CT molecular complexity index is 1490. The summed E-state index contributed by atoms with van der Waals surface area (Å²) in [6, 6.07) is 33.1. The molecule has 2 unspecified atom stereocenters. The van der Waals surface area contributed by atoms with E-state index in [2.05, 4.69) is 24.5 Å². The summed E-state index contributed by atoms with van der Waals surface area (Å²) in [5.74, 6) is 1.94. The van der Waals surface area contributed by atoms with Gasteiger partial charge >= 0.3 is 0 Å². The van der Waals surface area contributed by atoms with Crippen molar-refractivity contribution < 1.29 is 24.2 Å². The zero-order valence-electron chi connectivity index (χ0n) is 27.0. The van der Waals surface area contributed by atoms with Crippen LogP contribution in [0.25, 0.3) is 0 Å². The van der Waals surface area contributed by atoms with Gasteiger partial charge < -0.3 is 25.2 Å². The molecule has 0 saturated carbocycles. The Labute approximate surface area is 273 Å². The number of para-hydroxylation sites is 1. The maximum atomic E-state index is 13.4. The van der Waals surface area contributed by atoms with Gasteiger partial charge in [0.05, 0.1) is 25.2 Å². The molecule has 0 saturated heterocycles. The van der Waals surface area contributed by atoms with E-state index in [1.165, 1.54) is 0 Å². The normalized spacial score (nSPS) is 13.0. The van der Waals surface area contributed by atoms with Crippen LogP contribution in [0.15, 0.2) is 109 Å². The minimum Gasteiger partial charge on any atom is -0.493 e. The van der Waals surface area contributed by atoms with Crippen molar-refractivity contribution in [2.45, 2.75) is 71.1 Å². The van der Waals surface area contributed by atoms with Gasteiger partial charge in [-0.1, -0.05) is 86.1 Å². The van der Waals surface area contributed by atoms with Gasteiger partial charge in [-0.3, -0.25) is 9.59 Å². The summed E-state index contributed by atoms with van der Waals surface area (Å²) >= 11 is 0. The SMILES string of the molecule is Cc1ccc(OCCC(=O)NC(Cc2ccccc2)[C@@H](O)CC(CCC(C)C)NC(=O)c2cccc(Oc3ccccc3)c2)cc1. The van der Waals surface area contributed by atoms with Crippen LogP contribution in [0.2, 0.25) is 0 Å². The molecule has 0 aliphatic carbocycles. The molecule has 2 amide bonds. The van der Waals surface area contributed by atoms with Crippen LogP contribution in [0.5, 0.6) is 17.2 Å². The minimum atomic E-state index is -0.896. The summed E-state index contributed by atoms with van der Waals surface area (Å²) in [6.07, 6.45) is 1.57. The molecule has 0 bridgehead atoms. The fourth-order valence-electron chi connectivity index (χ4n) is 5.16. The molecule has 0 heterocycles. The van der Waals surface area contributed by atoms with Crippen LogP contribution in [-0.4, -0.2) is 41.7 Å². The largest absolute Gasteiger partial charge is 0.493 e. The first kappa shape index (κ1) is 34.3. The van der Waals surface area contributed by atoms with Crippen LogP contribution in [0, 0.1) is 12.8 Å². The Morgan fingerprint density at radius 2 is 1.43 bits per heavy atom. The van der Waals surface area contributed by atoms with Gasteiger partial charge in [-0.2, -0.15) is 0 Å². The Morgan fingerprint density at radius 3 is 2.13 bits per heavy atom. The number of aliphatic hydroxyl groups excluding tert-OH is 1. The number of benzene rings is 4. The number of rotatable bonds is 17. The van der Waals surface area contributed by atoms with Crippen LogP contribution in [-0.2, 0) is 11.2 Å². The quantitative estimate of drug-likeness (QED) is 0.115. The summed E-state index contributed by atoms with van der Waals surface area (Å²) in [6.45, 7) is 6.50. The van der Waals surface area contributed by atoms with Crippen LogP contribution < -0.4 is 20.1 Å². The van der Waals surface area contributed by atoms with Crippen molar-refractivity contribution in [2.24, 2.45) is 5.92 Å². The van der Waals surface area contributed by atoms with Crippen LogP contribution in [0.4, 0.5) is 0 Å². The number of aryl methyl sites for hydroxylation is 1. The van der Waals surface area contributed by atoms with Crippen LogP contribution >= 0.6 is 0 Å². The molecule has 0 aromatic heterocycles. The van der Waals surface area contributed by atoms with E-state index < -0.39 is 12.1 Å². The summed E-state index contributed by atoms with van der Waals surface area (Å²) in [5.41, 5.74) is 2.61. The zero-order valence-corrected chi connectivity index (χ0v) is 27.0. The lowest BCUT2D eigenvalue weighted by atomic mass is 9.93. The van der Waals surface area contributed by atoms with Crippen molar-refractivity contribution in [1.29, 1.82) is 0 Å². The Hall–Kier alpha value is -4.62. The fraction of sp³-hybridized carbons (Fsp3) is 0.333. The van der Waals surface area contributed by atoms with Crippen molar-refractivity contribution in [1.82, 2.24) is 10.6 Å². The monoisotopic (exact) mass is 622 g/mol. The van der Waals surface area contributed by atoms with Crippen molar-refractivity contribution >= 4 is 11.8 Å². The summed E-state index contributed by atoms with van der Waals surface area (Å²) in [7, 11) is 0. The molecule has 0 fully saturated rings. The highest BCUT2D eigenvalue weighted by Crippen LogP contribution is 2.23. The molecule has 0 radical (unpaired) electrons. The molecular formula is C39H46N2O5. The molecule has 0 spiro atoms. The maximum absolute atomic E-state index is 13.4. The van der Waals surface area contributed by atoms with Gasteiger partial charge in [0.2, 0.25) is 5.91 Å². The van der Waals surface area contributed by atoms with E-state index in [0.717, 1.165) is 17.5 Å². The molecule has 0 aliphatic rings. The average Bonchev–Trinajstić information content (AvgIpc) is 3.05. The van der Waals surface area contributed by atoms with E-state index in [0.29, 0.717) is 41.6 Å².